The minimum absolute atomic E-state index is 0.715. The van der Waals surface area contributed by atoms with E-state index >= 15 is 0 Å². The molecule has 0 bridgehead atoms. The molecular weight excluding hydrogens is 218 g/mol. The van der Waals surface area contributed by atoms with Gasteiger partial charge >= 0.3 is 0 Å². The number of hydrogen-bond acceptors (Lipinski definition) is 2. The van der Waals surface area contributed by atoms with Crippen molar-refractivity contribution in [2.24, 2.45) is 0 Å². The Hall–Kier alpha value is -1.87. The van der Waals surface area contributed by atoms with Gasteiger partial charge in [0.15, 0.2) is 6.29 Å². The highest BCUT2D eigenvalue weighted by atomic mass is 32.1. The number of H-pyrrole nitrogens is 1. The van der Waals surface area contributed by atoms with Crippen molar-refractivity contribution >= 4 is 28.5 Å². The number of rotatable bonds is 2. The van der Waals surface area contributed by atoms with Crippen LogP contribution in [0.2, 0.25) is 0 Å². The van der Waals surface area contributed by atoms with Gasteiger partial charge < -0.3 is 4.98 Å². The zero-order valence-corrected chi connectivity index (χ0v) is 9.25. The van der Waals surface area contributed by atoms with Gasteiger partial charge in [-0.1, -0.05) is 6.07 Å². The maximum Gasteiger partial charge on any atom is 0.152 e. The molecule has 0 amide bonds. The Kier molecular flexibility index (Phi) is 2.11. The van der Waals surface area contributed by atoms with Gasteiger partial charge in [0.05, 0.1) is 0 Å². The summed E-state index contributed by atoms with van der Waals surface area (Å²) in [7, 11) is 0. The quantitative estimate of drug-likeness (QED) is 0.665. The van der Waals surface area contributed by atoms with Gasteiger partial charge in [-0.25, -0.2) is 0 Å². The van der Waals surface area contributed by atoms with Gasteiger partial charge in [0.25, 0.3) is 0 Å². The van der Waals surface area contributed by atoms with E-state index in [0.717, 1.165) is 22.8 Å². The SMILES string of the molecule is O=Cc1c[nH]c2ccc(-c3ccsc3)cc12. The van der Waals surface area contributed by atoms with E-state index in [4.69, 9.17) is 0 Å². The molecule has 2 aromatic heterocycles. The van der Waals surface area contributed by atoms with E-state index in [0.29, 0.717) is 5.56 Å². The van der Waals surface area contributed by atoms with Gasteiger partial charge in [0, 0.05) is 22.7 Å². The fourth-order valence-corrected chi connectivity index (χ4v) is 2.51. The Morgan fingerprint density at radius 2 is 2.12 bits per heavy atom. The highest BCUT2D eigenvalue weighted by molar-refractivity contribution is 7.08. The first-order valence-electron chi connectivity index (χ1n) is 4.97. The summed E-state index contributed by atoms with van der Waals surface area (Å²) in [5.41, 5.74) is 4.06. The highest BCUT2D eigenvalue weighted by Crippen LogP contribution is 2.27. The maximum atomic E-state index is 10.9. The van der Waals surface area contributed by atoms with E-state index < -0.39 is 0 Å². The lowest BCUT2D eigenvalue weighted by molar-refractivity contribution is 0.112. The van der Waals surface area contributed by atoms with Crippen molar-refractivity contribution < 1.29 is 4.79 Å². The van der Waals surface area contributed by atoms with E-state index in [2.05, 4.69) is 33.9 Å². The number of benzene rings is 1. The maximum absolute atomic E-state index is 10.9. The minimum atomic E-state index is 0.715. The van der Waals surface area contributed by atoms with Crippen molar-refractivity contribution in [3.63, 3.8) is 0 Å². The van der Waals surface area contributed by atoms with Crippen molar-refractivity contribution in [2.45, 2.75) is 0 Å². The molecule has 0 atom stereocenters. The summed E-state index contributed by atoms with van der Waals surface area (Å²) in [5.74, 6) is 0. The second kappa shape index (κ2) is 3.61. The van der Waals surface area contributed by atoms with Crippen LogP contribution in [0.4, 0.5) is 0 Å². The van der Waals surface area contributed by atoms with Crippen LogP contribution in [0, 0.1) is 0 Å². The van der Waals surface area contributed by atoms with Gasteiger partial charge in [0.1, 0.15) is 0 Å². The first kappa shape index (κ1) is 9.36. The summed E-state index contributed by atoms with van der Waals surface area (Å²) < 4.78 is 0. The molecule has 0 aliphatic carbocycles. The molecule has 3 aromatic rings. The third-order valence-electron chi connectivity index (χ3n) is 2.70. The molecule has 0 fully saturated rings. The largest absolute Gasteiger partial charge is 0.360 e. The zero-order valence-electron chi connectivity index (χ0n) is 8.44. The van der Waals surface area contributed by atoms with Crippen LogP contribution in [0.5, 0.6) is 0 Å². The van der Waals surface area contributed by atoms with Crippen LogP contribution in [-0.4, -0.2) is 11.3 Å². The summed E-state index contributed by atoms with van der Waals surface area (Å²) in [5, 5.41) is 5.14. The fourth-order valence-electron chi connectivity index (χ4n) is 1.85. The first-order chi connectivity index (χ1) is 7.88. The average Bonchev–Trinajstić information content (AvgIpc) is 2.97. The fraction of sp³-hybridized carbons (Fsp3) is 0. The van der Waals surface area contributed by atoms with E-state index in [1.54, 1.807) is 17.5 Å². The lowest BCUT2D eigenvalue weighted by atomic mass is 10.1. The van der Waals surface area contributed by atoms with Crippen LogP contribution in [0.3, 0.4) is 0 Å². The Balaban J connectivity index is 2.25. The minimum Gasteiger partial charge on any atom is -0.360 e. The Morgan fingerprint density at radius 3 is 2.88 bits per heavy atom. The molecule has 0 saturated carbocycles. The molecule has 0 aliphatic heterocycles. The summed E-state index contributed by atoms with van der Waals surface area (Å²) >= 11 is 1.67. The molecule has 1 aromatic carbocycles. The van der Waals surface area contributed by atoms with Crippen molar-refractivity contribution in [1.82, 2.24) is 4.98 Å². The smallest absolute Gasteiger partial charge is 0.152 e. The van der Waals surface area contributed by atoms with E-state index in [-0.39, 0.29) is 0 Å². The molecule has 1 N–H and O–H groups in total. The van der Waals surface area contributed by atoms with Gasteiger partial charge in [0.2, 0.25) is 0 Å². The Morgan fingerprint density at radius 1 is 1.19 bits per heavy atom. The summed E-state index contributed by atoms with van der Waals surface area (Å²) in [6.07, 6.45) is 2.63. The third kappa shape index (κ3) is 1.37. The standard InChI is InChI=1S/C13H9NOS/c15-7-11-6-14-13-2-1-9(5-12(11)13)10-3-4-16-8-10/h1-8,14H. The molecule has 0 spiro atoms. The zero-order chi connectivity index (χ0) is 11.0. The van der Waals surface area contributed by atoms with Gasteiger partial charge in [-0.2, -0.15) is 11.3 Å². The lowest BCUT2D eigenvalue weighted by Crippen LogP contribution is -1.77. The Labute approximate surface area is 96.5 Å². The van der Waals surface area contributed by atoms with Crippen LogP contribution in [0.1, 0.15) is 10.4 Å². The molecule has 16 heavy (non-hydrogen) atoms. The normalized spacial score (nSPS) is 10.8. The number of aldehydes is 1. The monoisotopic (exact) mass is 227 g/mol. The predicted molar refractivity (Wildman–Crippen MR) is 67.0 cm³/mol. The summed E-state index contributed by atoms with van der Waals surface area (Å²) in [4.78, 5) is 13.9. The highest BCUT2D eigenvalue weighted by Gasteiger charge is 2.05. The third-order valence-corrected chi connectivity index (χ3v) is 3.38. The number of fused-ring (bicyclic) bond motifs is 1. The van der Waals surface area contributed by atoms with E-state index in [9.17, 15) is 4.79 Å². The number of nitrogens with one attached hydrogen (secondary N) is 1. The molecule has 78 valence electrons. The average molecular weight is 227 g/mol. The molecule has 2 heterocycles. The Bertz CT molecular complexity index is 637. The topological polar surface area (TPSA) is 32.9 Å². The van der Waals surface area contributed by atoms with Crippen molar-refractivity contribution in [1.29, 1.82) is 0 Å². The summed E-state index contributed by atoms with van der Waals surface area (Å²) in [6.45, 7) is 0. The van der Waals surface area contributed by atoms with Gasteiger partial charge in [-0.3, -0.25) is 4.79 Å². The van der Waals surface area contributed by atoms with Crippen LogP contribution in [0.25, 0.3) is 22.0 Å². The van der Waals surface area contributed by atoms with E-state index in [1.807, 2.05) is 6.07 Å². The van der Waals surface area contributed by atoms with Crippen molar-refractivity contribution in [2.75, 3.05) is 0 Å². The molecular formula is C13H9NOS. The number of aromatic nitrogens is 1. The van der Waals surface area contributed by atoms with E-state index in [1.165, 1.54) is 5.56 Å². The first-order valence-corrected chi connectivity index (χ1v) is 5.91. The molecule has 3 heteroatoms. The lowest BCUT2D eigenvalue weighted by Gasteiger charge is -1.98. The van der Waals surface area contributed by atoms with Gasteiger partial charge in [-0.15, -0.1) is 0 Å². The number of carbonyl (C=O) groups excluding carboxylic acids is 1. The summed E-state index contributed by atoms with van der Waals surface area (Å²) in [6, 6.07) is 8.21. The van der Waals surface area contributed by atoms with Crippen LogP contribution in [0.15, 0.2) is 41.2 Å². The number of aromatic amines is 1. The molecule has 2 nitrogen and oxygen atoms in total. The number of carbonyl (C=O) groups is 1. The molecule has 3 rings (SSSR count). The second-order valence-electron chi connectivity index (χ2n) is 3.63. The predicted octanol–water partition coefficient (Wildman–Crippen LogP) is 3.71. The second-order valence-corrected chi connectivity index (χ2v) is 4.41. The molecule has 0 unspecified atom stereocenters. The van der Waals surface area contributed by atoms with Crippen LogP contribution in [-0.2, 0) is 0 Å². The molecule has 0 saturated heterocycles. The van der Waals surface area contributed by atoms with Gasteiger partial charge in [-0.05, 0) is 40.1 Å². The van der Waals surface area contributed by atoms with Crippen molar-refractivity contribution in [3.8, 4) is 11.1 Å². The van der Waals surface area contributed by atoms with Crippen LogP contribution < -0.4 is 0 Å². The van der Waals surface area contributed by atoms with Crippen LogP contribution >= 0.6 is 11.3 Å². The number of hydrogen-bond donors (Lipinski definition) is 1. The van der Waals surface area contributed by atoms with Crippen molar-refractivity contribution in [3.05, 3.63) is 46.8 Å². The molecule has 0 aliphatic rings. The molecule has 0 radical (unpaired) electrons. The number of thiophene rings is 1.